The largest absolute Gasteiger partial charge is 0.316 e. The molecule has 0 saturated heterocycles. The zero-order valence-corrected chi connectivity index (χ0v) is 10.7. The van der Waals surface area contributed by atoms with E-state index in [4.69, 9.17) is 0 Å². The van der Waals surface area contributed by atoms with E-state index >= 15 is 0 Å². The molecule has 1 nitrogen and oxygen atoms in total. The predicted molar refractivity (Wildman–Crippen MR) is 71.8 cm³/mol. The van der Waals surface area contributed by atoms with E-state index in [2.05, 4.69) is 56.1 Å². The molecule has 0 spiro atoms. The van der Waals surface area contributed by atoms with Gasteiger partial charge in [-0.05, 0) is 31.4 Å². The van der Waals surface area contributed by atoms with Crippen LogP contribution in [0.1, 0.15) is 38.2 Å². The number of rotatable bonds is 6. The van der Waals surface area contributed by atoms with Crippen LogP contribution in [0.25, 0.3) is 0 Å². The Balaban J connectivity index is 2.70. The number of nitrogens with one attached hydrogen (secondary N) is 1. The standard InChI is InChI=1S/C15H23N/c1-5-12(2)11-15(16-4)13(3)14-9-7-6-8-10-14/h6-10,13,15-16H,2,5,11H2,1,3-4H3. The number of likely N-dealkylation sites (N-methyl/N-ethyl adjacent to an activating group) is 1. The lowest BCUT2D eigenvalue weighted by Gasteiger charge is -2.24. The van der Waals surface area contributed by atoms with Crippen LogP contribution in [0.3, 0.4) is 0 Å². The maximum Gasteiger partial charge on any atom is 0.0167 e. The summed E-state index contributed by atoms with van der Waals surface area (Å²) >= 11 is 0. The smallest absolute Gasteiger partial charge is 0.0167 e. The van der Waals surface area contributed by atoms with Crippen molar-refractivity contribution in [3.05, 3.63) is 48.0 Å². The molecule has 0 fully saturated rings. The quantitative estimate of drug-likeness (QED) is 0.716. The van der Waals surface area contributed by atoms with Gasteiger partial charge in [-0.3, -0.25) is 0 Å². The molecule has 1 aromatic rings. The second-order valence-electron chi connectivity index (χ2n) is 4.40. The predicted octanol–water partition coefficient (Wildman–Crippen LogP) is 3.73. The molecule has 88 valence electrons. The first-order chi connectivity index (χ1) is 7.69. The van der Waals surface area contributed by atoms with E-state index in [1.54, 1.807) is 0 Å². The summed E-state index contributed by atoms with van der Waals surface area (Å²) in [5.41, 5.74) is 2.72. The molecule has 0 radical (unpaired) electrons. The van der Waals surface area contributed by atoms with E-state index in [9.17, 15) is 0 Å². The lowest BCUT2D eigenvalue weighted by molar-refractivity contribution is 0.478. The molecule has 0 bridgehead atoms. The number of hydrogen-bond acceptors (Lipinski definition) is 1. The minimum absolute atomic E-state index is 0.481. The van der Waals surface area contributed by atoms with Gasteiger partial charge in [0.1, 0.15) is 0 Å². The fraction of sp³-hybridized carbons (Fsp3) is 0.467. The van der Waals surface area contributed by atoms with Crippen LogP contribution in [-0.2, 0) is 0 Å². The molecule has 2 unspecified atom stereocenters. The molecule has 0 aliphatic carbocycles. The Labute approximate surface area is 99.6 Å². The summed E-state index contributed by atoms with van der Waals surface area (Å²) in [7, 11) is 2.03. The number of benzene rings is 1. The molecule has 2 atom stereocenters. The average Bonchev–Trinajstić information content (AvgIpc) is 2.35. The van der Waals surface area contributed by atoms with Gasteiger partial charge < -0.3 is 5.32 Å². The highest BCUT2D eigenvalue weighted by Gasteiger charge is 2.17. The minimum Gasteiger partial charge on any atom is -0.316 e. The van der Waals surface area contributed by atoms with Crippen LogP contribution in [0.4, 0.5) is 0 Å². The summed E-state index contributed by atoms with van der Waals surface area (Å²) in [5, 5.41) is 3.40. The molecule has 1 heteroatoms. The molecule has 0 aromatic heterocycles. The zero-order chi connectivity index (χ0) is 12.0. The second kappa shape index (κ2) is 6.49. The molecule has 1 N–H and O–H groups in total. The third-order valence-corrected chi connectivity index (χ3v) is 3.31. The topological polar surface area (TPSA) is 12.0 Å². The van der Waals surface area contributed by atoms with Crippen LogP contribution in [-0.4, -0.2) is 13.1 Å². The Morgan fingerprint density at radius 3 is 2.44 bits per heavy atom. The van der Waals surface area contributed by atoms with Crippen molar-refractivity contribution in [2.75, 3.05) is 7.05 Å². The maximum absolute atomic E-state index is 4.10. The Kier molecular flexibility index (Phi) is 5.27. The summed E-state index contributed by atoms with van der Waals surface area (Å²) < 4.78 is 0. The highest BCUT2D eigenvalue weighted by atomic mass is 14.9. The van der Waals surface area contributed by atoms with E-state index < -0.39 is 0 Å². The lowest BCUT2D eigenvalue weighted by atomic mass is 9.89. The van der Waals surface area contributed by atoms with Gasteiger partial charge in [0.05, 0.1) is 0 Å². The highest BCUT2D eigenvalue weighted by molar-refractivity contribution is 5.21. The van der Waals surface area contributed by atoms with Crippen LogP contribution >= 0.6 is 0 Å². The van der Waals surface area contributed by atoms with Gasteiger partial charge in [0.15, 0.2) is 0 Å². The summed E-state index contributed by atoms with van der Waals surface area (Å²) in [6.07, 6.45) is 2.13. The molecule has 1 rings (SSSR count). The van der Waals surface area contributed by atoms with Crippen LogP contribution in [0.2, 0.25) is 0 Å². The average molecular weight is 217 g/mol. The van der Waals surface area contributed by atoms with Crippen molar-refractivity contribution >= 4 is 0 Å². The second-order valence-corrected chi connectivity index (χ2v) is 4.40. The molecule has 0 aliphatic heterocycles. The van der Waals surface area contributed by atoms with Gasteiger partial charge in [-0.1, -0.05) is 56.3 Å². The van der Waals surface area contributed by atoms with Crippen molar-refractivity contribution in [1.29, 1.82) is 0 Å². The van der Waals surface area contributed by atoms with Gasteiger partial charge in [0, 0.05) is 6.04 Å². The summed E-state index contributed by atoms with van der Waals surface area (Å²) in [4.78, 5) is 0. The third-order valence-electron chi connectivity index (χ3n) is 3.31. The fourth-order valence-electron chi connectivity index (χ4n) is 1.97. The van der Waals surface area contributed by atoms with Gasteiger partial charge in [-0.15, -0.1) is 0 Å². The first kappa shape index (κ1) is 13.0. The van der Waals surface area contributed by atoms with Crippen molar-refractivity contribution in [1.82, 2.24) is 5.32 Å². The molecular formula is C15H23N. The summed E-state index contributed by atoms with van der Waals surface area (Å²) in [6, 6.07) is 11.2. The first-order valence-corrected chi connectivity index (χ1v) is 6.07. The van der Waals surface area contributed by atoms with Gasteiger partial charge in [-0.2, -0.15) is 0 Å². The molecule has 0 aliphatic rings. The molecule has 0 amide bonds. The molecule has 16 heavy (non-hydrogen) atoms. The van der Waals surface area contributed by atoms with Crippen LogP contribution in [0.15, 0.2) is 42.5 Å². The molecule has 0 heterocycles. The maximum atomic E-state index is 4.10. The third kappa shape index (κ3) is 3.49. The van der Waals surface area contributed by atoms with Gasteiger partial charge in [-0.25, -0.2) is 0 Å². The van der Waals surface area contributed by atoms with Gasteiger partial charge in [0.25, 0.3) is 0 Å². The lowest BCUT2D eigenvalue weighted by Crippen LogP contribution is -2.31. The Morgan fingerprint density at radius 2 is 1.94 bits per heavy atom. The van der Waals surface area contributed by atoms with E-state index in [1.165, 1.54) is 11.1 Å². The normalized spacial score (nSPS) is 14.4. The molecule has 1 aromatic carbocycles. The zero-order valence-electron chi connectivity index (χ0n) is 10.7. The Bertz CT molecular complexity index is 315. The number of hydrogen-bond donors (Lipinski definition) is 1. The molecule has 0 saturated carbocycles. The SMILES string of the molecule is C=C(CC)CC(NC)C(C)c1ccccc1. The minimum atomic E-state index is 0.481. The summed E-state index contributed by atoms with van der Waals surface area (Å²) in [5.74, 6) is 0.523. The van der Waals surface area contributed by atoms with Crippen molar-refractivity contribution in [3.63, 3.8) is 0 Å². The van der Waals surface area contributed by atoms with Crippen LogP contribution in [0.5, 0.6) is 0 Å². The van der Waals surface area contributed by atoms with E-state index in [1.807, 2.05) is 7.05 Å². The Morgan fingerprint density at radius 1 is 1.31 bits per heavy atom. The monoisotopic (exact) mass is 217 g/mol. The van der Waals surface area contributed by atoms with Crippen molar-refractivity contribution in [3.8, 4) is 0 Å². The Hall–Kier alpha value is -1.08. The fourth-order valence-corrected chi connectivity index (χ4v) is 1.97. The van der Waals surface area contributed by atoms with Gasteiger partial charge >= 0.3 is 0 Å². The van der Waals surface area contributed by atoms with E-state index in [0.717, 1.165) is 12.8 Å². The summed E-state index contributed by atoms with van der Waals surface area (Å²) in [6.45, 7) is 8.54. The highest BCUT2D eigenvalue weighted by Crippen LogP contribution is 2.23. The van der Waals surface area contributed by atoms with Crippen LogP contribution < -0.4 is 5.32 Å². The van der Waals surface area contributed by atoms with Crippen molar-refractivity contribution < 1.29 is 0 Å². The van der Waals surface area contributed by atoms with Crippen LogP contribution in [0, 0.1) is 0 Å². The van der Waals surface area contributed by atoms with E-state index in [0.29, 0.717) is 12.0 Å². The molecular weight excluding hydrogens is 194 g/mol. The van der Waals surface area contributed by atoms with Crippen molar-refractivity contribution in [2.45, 2.75) is 38.6 Å². The van der Waals surface area contributed by atoms with E-state index in [-0.39, 0.29) is 0 Å². The van der Waals surface area contributed by atoms with Gasteiger partial charge in [0.2, 0.25) is 0 Å². The first-order valence-electron chi connectivity index (χ1n) is 6.07. The van der Waals surface area contributed by atoms with Crippen molar-refractivity contribution in [2.24, 2.45) is 0 Å².